The second-order valence-corrected chi connectivity index (χ2v) is 6.62. The summed E-state index contributed by atoms with van der Waals surface area (Å²) in [6.07, 6.45) is 1.69. The first-order valence-electron chi connectivity index (χ1n) is 6.60. The molecule has 0 amide bonds. The maximum absolute atomic E-state index is 9.32. The summed E-state index contributed by atoms with van der Waals surface area (Å²) in [7, 11) is 0. The van der Waals surface area contributed by atoms with Gasteiger partial charge in [-0.05, 0) is 44.5 Å². The Balaban J connectivity index is 2.41. The topological polar surface area (TPSA) is 45.9 Å². The zero-order chi connectivity index (χ0) is 16.3. The standard InChI is InChI=1S/C16H14Cl2N2OS/c1-9(2)21-15-13(17)5-11(6-14(15)18)4-12(7-19)16-20-10(3)8-22-16/h4-6,8-9H,1-3H3/b12-4-. The van der Waals surface area contributed by atoms with Crippen molar-refractivity contribution >= 4 is 46.2 Å². The SMILES string of the molecule is Cc1csc(/C(C#N)=C\c2cc(Cl)c(OC(C)C)c(Cl)c2)n1. The zero-order valence-corrected chi connectivity index (χ0v) is 14.7. The lowest BCUT2D eigenvalue weighted by Gasteiger charge is -2.13. The first-order valence-corrected chi connectivity index (χ1v) is 8.24. The fraction of sp³-hybridized carbons (Fsp3) is 0.250. The van der Waals surface area contributed by atoms with E-state index in [1.807, 2.05) is 26.2 Å². The molecule has 0 saturated heterocycles. The second kappa shape index (κ2) is 7.15. The molecule has 6 heteroatoms. The van der Waals surface area contributed by atoms with Crippen molar-refractivity contribution in [2.45, 2.75) is 26.9 Å². The molecule has 2 rings (SSSR count). The largest absolute Gasteiger partial charge is 0.488 e. The quantitative estimate of drug-likeness (QED) is 0.671. The van der Waals surface area contributed by atoms with Gasteiger partial charge in [-0.2, -0.15) is 5.26 Å². The predicted octanol–water partition coefficient (Wildman–Crippen LogP) is 5.61. The van der Waals surface area contributed by atoms with Crippen LogP contribution in [0.3, 0.4) is 0 Å². The molecule has 0 aliphatic rings. The van der Waals surface area contributed by atoms with E-state index in [9.17, 15) is 5.26 Å². The van der Waals surface area contributed by atoms with Crippen LogP contribution in [0.25, 0.3) is 11.6 Å². The first kappa shape index (κ1) is 16.8. The fourth-order valence-corrected chi connectivity index (χ4v) is 3.15. The molecule has 0 bridgehead atoms. The Labute approximate surface area is 143 Å². The van der Waals surface area contributed by atoms with Crippen LogP contribution in [0.4, 0.5) is 0 Å². The van der Waals surface area contributed by atoms with Crippen LogP contribution in [0.2, 0.25) is 10.0 Å². The number of benzene rings is 1. The molecule has 0 fully saturated rings. The highest BCUT2D eigenvalue weighted by molar-refractivity contribution is 7.11. The van der Waals surface area contributed by atoms with Crippen LogP contribution >= 0.6 is 34.5 Å². The summed E-state index contributed by atoms with van der Waals surface area (Å²) in [5.41, 5.74) is 2.09. The molecule has 2 aromatic rings. The predicted molar refractivity (Wildman–Crippen MR) is 92.6 cm³/mol. The lowest BCUT2D eigenvalue weighted by atomic mass is 10.1. The van der Waals surface area contributed by atoms with E-state index in [2.05, 4.69) is 11.1 Å². The summed E-state index contributed by atoms with van der Waals surface area (Å²) in [6, 6.07) is 5.61. The van der Waals surface area contributed by atoms with Gasteiger partial charge in [0.25, 0.3) is 0 Å². The number of hydrogen-bond acceptors (Lipinski definition) is 4. The molecule has 0 saturated carbocycles. The highest BCUT2D eigenvalue weighted by atomic mass is 35.5. The van der Waals surface area contributed by atoms with E-state index >= 15 is 0 Å². The van der Waals surface area contributed by atoms with E-state index in [0.29, 0.717) is 26.4 Å². The van der Waals surface area contributed by atoms with Crippen LogP contribution in [0.5, 0.6) is 5.75 Å². The molecule has 0 atom stereocenters. The van der Waals surface area contributed by atoms with Crippen molar-refractivity contribution in [1.29, 1.82) is 5.26 Å². The van der Waals surface area contributed by atoms with Crippen molar-refractivity contribution in [3.8, 4) is 11.8 Å². The Kier molecular flexibility index (Phi) is 5.47. The molecule has 1 heterocycles. The number of allylic oxidation sites excluding steroid dienone is 1. The van der Waals surface area contributed by atoms with Gasteiger partial charge in [-0.25, -0.2) is 4.98 Å². The third-order valence-electron chi connectivity index (χ3n) is 2.66. The molecule has 1 aromatic heterocycles. The van der Waals surface area contributed by atoms with Gasteiger partial charge >= 0.3 is 0 Å². The van der Waals surface area contributed by atoms with E-state index in [-0.39, 0.29) is 6.10 Å². The van der Waals surface area contributed by atoms with E-state index < -0.39 is 0 Å². The van der Waals surface area contributed by atoms with Crippen LogP contribution in [-0.2, 0) is 0 Å². The van der Waals surface area contributed by atoms with E-state index in [4.69, 9.17) is 27.9 Å². The zero-order valence-electron chi connectivity index (χ0n) is 12.4. The van der Waals surface area contributed by atoms with Gasteiger partial charge in [-0.3, -0.25) is 0 Å². The van der Waals surface area contributed by atoms with Crippen LogP contribution in [0.15, 0.2) is 17.5 Å². The lowest BCUT2D eigenvalue weighted by molar-refractivity contribution is 0.243. The third kappa shape index (κ3) is 4.01. The van der Waals surface area contributed by atoms with Crippen molar-refractivity contribution < 1.29 is 4.74 Å². The Morgan fingerprint density at radius 2 is 2.00 bits per heavy atom. The number of nitrogens with zero attached hydrogens (tertiary/aromatic N) is 2. The number of nitriles is 1. The van der Waals surface area contributed by atoms with Crippen LogP contribution in [-0.4, -0.2) is 11.1 Å². The summed E-state index contributed by atoms with van der Waals surface area (Å²) < 4.78 is 5.59. The molecule has 22 heavy (non-hydrogen) atoms. The monoisotopic (exact) mass is 352 g/mol. The van der Waals surface area contributed by atoms with Crippen LogP contribution in [0, 0.1) is 18.3 Å². The Bertz CT molecular complexity index is 737. The summed E-state index contributed by atoms with van der Waals surface area (Å²) in [5, 5.41) is 12.7. The lowest BCUT2D eigenvalue weighted by Crippen LogP contribution is -2.06. The molecular weight excluding hydrogens is 339 g/mol. The maximum Gasteiger partial charge on any atom is 0.156 e. The van der Waals surface area contributed by atoms with E-state index in [0.717, 1.165) is 11.3 Å². The number of aryl methyl sites for hydroxylation is 1. The molecule has 0 N–H and O–H groups in total. The minimum absolute atomic E-state index is 0.0237. The number of thiazole rings is 1. The van der Waals surface area contributed by atoms with Crippen molar-refractivity contribution in [1.82, 2.24) is 4.98 Å². The average molecular weight is 353 g/mol. The highest BCUT2D eigenvalue weighted by Gasteiger charge is 2.12. The van der Waals surface area contributed by atoms with Gasteiger partial charge in [0.2, 0.25) is 0 Å². The van der Waals surface area contributed by atoms with Crippen molar-refractivity contribution in [2.75, 3.05) is 0 Å². The van der Waals surface area contributed by atoms with Crippen molar-refractivity contribution in [2.24, 2.45) is 0 Å². The van der Waals surface area contributed by atoms with E-state index in [1.165, 1.54) is 11.3 Å². The normalized spacial score (nSPS) is 11.6. The number of ether oxygens (including phenoxy) is 1. The van der Waals surface area contributed by atoms with Gasteiger partial charge in [-0.15, -0.1) is 11.3 Å². The molecule has 0 spiro atoms. The minimum atomic E-state index is -0.0237. The average Bonchev–Trinajstić information content (AvgIpc) is 2.86. The summed E-state index contributed by atoms with van der Waals surface area (Å²) >= 11 is 13.9. The first-order chi connectivity index (χ1) is 10.4. The minimum Gasteiger partial charge on any atom is -0.488 e. The van der Waals surface area contributed by atoms with Gasteiger partial charge < -0.3 is 4.74 Å². The van der Waals surface area contributed by atoms with E-state index in [1.54, 1.807) is 18.2 Å². The molecule has 1 aromatic carbocycles. The third-order valence-corrected chi connectivity index (χ3v) is 4.21. The maximum atomic E-state index is 9.32. The molecule has 0 unspecified atom stereocenters. The number of aromatic nitrogens is 1. The number of hydrogen-bond donors (Lipinski definition) is 0. The Morgan fingerprint density at radius 3 is 2.45 bits per heavy atom. The number of rotatable bonds is 4. The molecule has 3 nitrogen and oxygen atoms in total. The molecule has 0 aliphatic carbocycles. The summed E-state index contributed by atoms with van der Waals surface area (Å²) in [5.74, 6) is 0.457. The van der Waals surface area contributed by atoms with Crippen LogP contribution in [0.1, 0.15) is 30.1 Å². The number of halogens is 2. The smallest absolute Gasteiger partial charge is 0.156 e. The van der Waals surface area contributed by atoms with Gasteiger partial charge in [-0.1, -0.05) is 23.2 Å². The highest BCUT2D eigenvalue weighted by Crippen LogP contribution is 2.36. The van der Waals surface area contributed by atoms with Crippen molar-refractivity contribution in [3.05, 3.63) is 43.8 Å². The summed E-state index contributed by atoms with van der Waals surface area (Å²) in [6.45, 7) is 5.69. The Hall–Kier alpha value is -1.54. The van der Waals surface area contributed by atoms with Crippen LogP contribution < -0.4 is 4.74 Å². The van der Waals surface area contributed by atoms with Gasteiger partial charge in [0.15, 0.2) is 5.75 Å². The molecular formula is C16H14Cl2N2OS. The van der Waals surface area contributed by atoms with Crippen molar-refractivity contribution in [3.63, 3.8) is 0 Å². The molecule has 0 radical (unpaired) electrons. The fourth-order valence-electron chi connectivity index (χ4n) is 1.80. The Morgan fingerprint density at radius 1 is 1.36 bits per heavy atom. The van der Waals surface area contributed by atoms with Gasteiger partial charge in [0, 0.05) is 11.1 Å². The van der Waals surface area contributed by atoms with Gasteiger partial charge in [0.1, 0.15) is 11.1 Å². The summed E-state index contributed by atoms with van der Waals surface area (Å²) in [4.78, 5) is 4.32. The van der Waals surface area contributed by atoms with Gasteiger partial charge in [0.05, 0.1) is 21.7 Å². The molecule has 114 valence electrons. The second-order valence-electron chi connectivity index (χ2n) is 4.94. The molecule has 0 aliphatic heterocycles.